The predicted octanol–water partition coefficient (Wildman–Crippen LogP) is 5.51. The highest BCUT2D eigenvalue weighted by Gasteiger charge is 2.24. The van der Waals surface area contributed by atoms with Crippen LogP contribution in [0.1, 0.15) is 62.0 Å². The Labute approximate surface area is 175 Å². The number of allylic oxidation sites excluding steroid dienone is 2. The number of benzene rings is 1. The zero-order chi connectivity index (χ0) is 19.5. The molecule has 3 aliphatic rings. The Bertz CT molecular complexity index is 863. The van der Waals surface area contributed by atoms with E-state index in [4.69, 9.17) is 0 Å². The van der Waals surface area contributed by atoms with E-state index in [-0.39, 0.29) is 0 Å². The monoisotopic (exact) mass is 389 g/mol. The number of fused-ring (bicyclic) bond motifs is 1. The van der Waals surface area contributed by atoms with E-state index in [1.807, 2.05) is 0 Å². The largest absolute Gasteiger partial charge is 0.373 e. The third-order valence-corrected chi connectivity index (χ3v) is 7.41. The van der Waals surface area contributed by atoms with Crippen molar-refractivity contribution in [3.8, 4) is 0 Å². The first-order valence-electron chi connectivity index (χ1n) is 11.8. The average Bonchev–Trinajstić information content (AvgIpc) is 3.43. The second kappa shape index (κ2) is 8.79. The Morgan fingerprint density at radius 2 is 1.97 bits per heavy atom. The van der Waals surface area contributed by atoms with Crippen LogP contribution in [-0.2, 0) is 6.42 Å². The molecule has 1 saturated carbocycles. The molecule has 0 bridgehead atoms. The summed E-state index contributed by atoms with van der Waals surface area (Å²) < 4.78 is 0. The maximum Gasteiger partial charge on any atom is 0.0456 e. The molecule has 3 nitrogen and oxygen atoms in total. The Balaban J connectivity index is 1.20. The van der Waals surface area contributed by atoms with Gasteiger partial charge in [0.1, 0.15) is 0 Å². The lowest BCUT2D eigenvalue weighted by molar-refractivity contribution is 0.252. The van der Waals surface area contributed by atoms with E-state index >= 15 is 0 Å². The fraction of sp³-hybridized carbons (Fsp3) is 0.538. The van der Waals surface area contributed by atoms with Crippen molar-refractivity contribution in [3.63, 3.8) is 0 Å². The number of hydrogen-bond donors (Lipinski definition) is 2. The van der Waals surface area contributed by atoms with Crippen molar-refractivity contribution in [1.82, 2.24) is 15.2 Å². The second-order valence-electron chi connectivity index (χ2n) is 9.39. The van der Waals surface area contributed by atoms with Crippen molar-refractivity contribution in [1.29, 1.82) is 0 Å². The van der Waals surface area contributed by atoms with Crippen molar-refractivity contribution in [3.05, 3.63) is 60.0 Å². The fourth-order valence-corrected chi connectivity index (χ4v) is 5.64. The first-order valence-corrected chi connectivity index (χ1v) is 11.8. The van der Waals surface area contributed by atoms with Gasteiger partial charge in [-0.3, -0.25) is 0 Å². The Hall–Kier alpha value is -2.00. The highest BCUT2D eigenvalue weighted by Crippen LogP contribution is 2.37. The maximum atomic E-state index is 3.64. The summed E-state index contributed by atoms with van der Waals surface area (Å²) in [5.41, 5.74) is 4.38. The molecule has 2 N–H and O–H groups in total. The second-order valence-corrected chi connectivity index (χ2v) is 9.39. The summed E-state index contributed by atoms with van der Waals surface area (Å²) >= 11 is 0. The third kappa shape index (κ3) is 4.45. The molecule has 5 rings (SSSR count). The van der Waals surface area contributed by atoms with Crippen LogP contribution < -0.4 is 5.32 Å². The molecule has 3 heteroatoms. The smallest absolute Gasteiger partial charge is 0.0456 e. The predicted molar refractivity (Wildman–Crippen MR) is 122 cm³/mol. The third-order valence-electron chi connectivity index (χ3n) is 7.41. The molecule has 2 aromatic rings. The van der Waals surface area contributed by atoms with Gasteiger partial charge in [-0.05, 0) is 105 Å². The average molecular weight is 390 g/mol. The molecule has 1 unspecified atom stereocenters. The number of aromatic nitrogens is 1. The van der Waals surface area contributed by atoms with Crippen molar-refractivity contribution in [2.24, 2.45) is 5.92 Å². The highest BCUT2D eigenvalue weighted by molar-refractivity contribution is 5.84. The lowest BCUT2D eigenvalue weighted by atomic mass is 9.78. The van der Waals surface area contributed by atoms with E-state index in [0.717, 1.165) is 24.4 Å². The Morgan fingerprint density at radius 3 is 2.76 bits per heavy atom. The zero-order valence-corrected chi connectivity index (χ0v) is 17.6. The quantitative estimate of drug-likeness (QED) is 0.682. The van der Waals surface area contributed by atoms with Crippen molar-refractivity contribution in [2.45, 2.75) is 63.3 Å². The standard InChI is InChI=1S/C26H35N3/c1-2-15-29(16-3-1)19-20-6-8-21(9-7-20)22-11-13-26-25(17-22)23(18-28-26)10-12-24-5-4-14-27-24/h1-3,11,13,15,17-18,20-21,24,27-28H,4-10,12,14,16,19H2. The minimum absolute atomic E-state index is 0.726. The van der Waals surface area contributed by atoms with Crippen LogP contribution in [0.25, 0.3) is 10.9 Å². The van der Waals surface area contributed by atoms with Crippen LogP contribution in [0.15, 0.2) is 48.8 Å². The van der Waals surface area contributed by atoms with Crippen LogP contribution in [0.5, 0.6) is 0 Å². The molecular formula is C26H35N3. The first-order chi connectivity index (χ1) is 14.3. The number of nitrogens with one attached hydrogen (secondary N) is 2. The summed E-state index contributed by atoms with van der Waals surface area (Å²) in [6.45, 7) is 3.51. The van der Waals surface area contributed by atoms with Gasteiger partial charge in [-0.2, -0.15) is 0 Å². The number of hydrogen-bond acceptors (Lipinski definition) is 2. The summed E-state index contributed by atoms with van der Waals surface area (Å²) in [4.78, 5) is 5.98. The molecular weight excluding hydrogens is 354 g/mol. The lowest BCUT2D eigenvalue weighted by Crippen LogP contribution is -2.28. The van der Waals surface area contributed by atoms with E-state index in [9.17, 15) is 0 Å². The van der Waals surface area contributed by atoms with Crippen LogP contribution in [0.2, 0.25) is 0 Å². The molecule has 29 heavy (non-hydrogen) atoms. The molecule has 0 radical (unpaired) electrons. The van der Waals surface area contributed by atoms with Gasteiger partial charge in [-0.25, -0.2) is 0 Å². The van der Waals surface area contributed by atoms with Crippen molar-refractivity contribution < 1.29 is 0 Å². The van der Waals surface area contributed by atoms with Gasteiger partial charge in [0.2, 0.25) is 0 Å². The van der Waals surface area contributed by atoms with E-state index in [0.29, 0.717) is 0 Å². The molecule has 0 amide bonds. The summed E-state index contributed by atoms with van der Waals surface area (Å²) in [6.07, 6.45) is 21.7. The molecule has 1 atom stereocenters. The molecule has 1 aromatic heterocycles. The fourth-order valence-electron chi connectivity index (χ4n) is 5.64. The van der Waals surface area contributed by atoms with Crippen LogP contribution in [-0.4, -0.2) is 35.6 Å². The molecule has 1 aromatic carbocycles. The Kier molecular flexibility index (Phi) is 5.76. The number of aromatic amines is 1. The number of H-pyrrole nitrogens is 1. The molecule has 3 heterocycles. The Morgan fingerprint density at radius 1 is 1.03 bits per heavy atom. The molecule has 2 aliphatic heterocycles. The summed E-state index contributed by atoms with van der Waals surface area (Å²) in [5, 5.41) is 5.11. The van der Waals surface area contributed by atoms with E-state index in [1.54, 1.807) is 5.56 Å². The minimum Gasteiger partial charge on any atom is -0.373 e. The van der Waals surface area contributed by atoms with E-state index in [1.165, 1.54) is 80.9 Å². The van der Waals surface area contributed by atoms with Crippen LogP contribution in [0.4, 0.5) is 0 Å². The summed E-state index contributed by atoms with van der Waals surface area (Å²) in [6, 6.07) is 7.93. The van der Waals surface area contributed by atoms with Crippen LogP contribution >= 0.6 is 0 Å². The van der Waals surface area contributed by atoms with Gasteiger partial charge < -0.3 is 15.2 Å². The van der Waals surface area contributed by atoms with Gasteiger partial charge in [0.05, 0.1) is 0 Å². The maximum absolute atomic E-state index is 3.64. The van der Waals surface area contributed by atoms with Crippen LogP contribution in [0.3, 0.4) is 0 Å². The number of nitrogens with zero attached hydrogens (tertiary/aromatic N) is 1. The van der Waals surface area contributed by atoms with E-state index < -0.39 is 0 Å². The van der Waals surface area contributed by atoms with E-state index in [2.05, 4.69) is 64.0 Å². The molecule has 0 spiro atoms. The van der Waals surface area contributed by atoms with Gasteiger partial charge >= 0.3 is 0 Å². The highest BCUT2D eigenvalue weighted by atomic mass is 15.1. The van der Waals surface area contributed by atoms with Gasteiger partial charge in [-0.1, -0.05) is 18.2 Å². The number of rotatable bonds is 6. The summed E-state index contributed by atoms with van der Waals surface area (Å²) in [7, 11) is 0. The molecule has 1 aliphatic carbocycles. The minimum atomic E-state index is 0.726. The van der Waals surface area contributed by atoms with Crippen molar-refractivity contribution in [2.75, 3.05) is 19.6 Å². The summed E-state index contributed by atoms with van der Waals surface area (Å²) in [5.74, 6) is 1.60. The first kappa shape index (κ1) is 19.0. The van der Waals surface area contributed by atoms with Gasteiger partial charge in [0.25, 0.3) is 0 Å². The SMILES string of the molecule is C1=CCN(CC2CCC(c3ccc4[nH]cc(CCC5CCCN5)c4c3)CC2)C=C1. The molecule has 1 saturated heterocycles. The topological polar surface area (TPSA) is 31.1 Å². The molecule has 154 valence electrons. The van der Waals surface area contributed by atoms with Gasteiger partial charge in [-0.15, -0.1) is 0 Å². The van der Waals surface area contributed by atoms with Crippen molar-refractivity contribution >= 4 is 10.9 Å². The lowest BCUT2D eigenvalue weighted by Gasteiger charge is -2.32. The van der Waals surface area contributed by atoms with Crippen LogP contribution in [0, 0.1) is 5.92 Å². The zero-order valence-electron chi connectivity index (χ0n) is 17.6. The van der Waals surface area contributed by atoms with Gasteiger partial charge in [0, 0.05) is 36.2 Å². The number of aryl methyl sites for hydroxylation is 1. The van der Waals surface area contributed by atoms with Gasteiger partial charge in [0.15, 0.2) is 0 Å². The molecule has 2 fully saturated rings. The normalized spacial score (nSPS) is 27.2.